The predicted octanol–water partition coefficient (Wildman–Crippen LogP) is 2.16. The lowest BCUT2D eigenvalue weighted by Gasteiger charge is -2.36. The van der Waals surface area contributed by atoms with E-state index in [4.69, 9.17) is 5.73 Å². The van der Waals surface area contributed by atoms with Gasteiger partial charge in [0.2, 0.25) is 10.0 Å². The van der Waals surface area contributed by atoms with Crippen molar-refractivity contribution in [3.05, 3.63) is 16.3 Å². The Bertz CT molecular complexity index is 553. The summed E-state index contributed by atoms with van der Waals surface area (Å²) >= 11 is 1.43. The molecule has 6 heteroatoms. The summed E-state index contributed by atoms with van der Waals surface area (Å²) in [6, 6.07) is 1.97. The molecule has 4 nitrogen and oxygen atoms in total. The van der Waals surface area contributed by atoms with Gasteiger partial charge in [-0.25, -0.2) is 8.42 Å². The number of fused-ring (bicyclic) bond motifs is 1. The molecule has 1 aromatic rings. The molecule has 0 amide bonds. The Kier molecular flexibility index (Phi) is 3.68. The second kappa shape index (κ2) is 5.16. The van der Waals surface area contributed by atoms with Crippen LogP contribution in [0.15, 0.2) is 16.3 Å². The van der Waals surface area contributed by atoms with Crippen molar-refractivity contribution in [1.29, 1.82) is 0 Å². The summed E-state index contributed by atoms with van der Waals surface area (Å²) in [4.78, 5) is 1.36. The van der Waals surface area contributed by atoms with E-state index in [0.29, 0.717) is 23.9 Å². The molecule has 2 aliphatic rings. The molecule has 0 radical (unpaired) electrons. The minimum absolute atomic E-state index is 0.236. The number of hydrogen-bond donors (Lipinski definition) is 1. The maximum atomic E-state index is 12.8. The Morgan fingerprint density at radius 1 is 1.32 bits per heavy atom. The summed E-state index contributed by atoms with van der Waals surface area (Å²) in [5.74, 6) is 0.580. The second-order valence-electron chi connectivity index (χ2n) is 5.47. The van der Waals surface area contributed by atoms with Gasteiger partial charge in [-0.05, 0) is 37.7 Å². The van der Waals surface area contributed by atoms with Crippen LogP contribution in [0, 0.1) is 5.92 Å². The molecular weight excluding hydrogens is 280 g/mol. The van der Waals surface area contributed by atoms with Crippen LogP contribution in [-0.2, 0) is 16.6 Å². The molecule has 2 atom stereocenters. The predicted molar refractivity (Wildman–Crippen MR) is 76.5 cm³/mol. The van der Waals surface area contributed by atoms with Crippen molar-refractivity contribution in [2.45, 2.75) is 49.6 Å². The van der Waals surface area contributed by atoms with Gasteiger partial charge in [0, 0.05) is 29.4 Å². The van der Waals surface area contributed by atoms with Crippen LogP contribution in [0.5, 0.6) is 0 Å². The Balaban J connectivity index is 1.90. The van der Waals surface area contributed by atoms with Crippen LogP contribution in [0.1, 0.15) is 37.0 Å². The molecule has 1 aliphatic carbocycles. The van der Waals surface area contributed by atoms with Gasteiger partial charge >= 0.3 is 0 Å². The number of rotatable bonds is 3. The number of sulfonamides is 1. The summed E-state index contributed by atoms with van der Waals surface area (Å²) in [6.45, 7) is 1.09. The first kappa shape index (κ1) is 13.5. The summed E-state index contributed by atoms with van der Waals surface area (Å²) < 4.78 is 27.3. The van der Waals surface area contributed by atoms with Gasteiger partial charge in [0.15, 0.2) is 0 Å². The highest BCUT2D eigenvalue weighted by Gasteiger charge is 2.41. The van der Waals surface area contributed by atoms with Crippen molar-refractivity contribution >= 4 is 21.4 Å². The first-order valence-corrected chi connectivity index (χ1v) is 9.24. The number of hydrogen-bond acceptors (Lipinski definition) is 4. The van der Waals surface area contributed by atoms with E-state index in [1.807, 2.05) is 0 Å². The smallest absolute Gasteiger partial charge is 0.244 e. The van der Waals surface area contributed by atoms with E-state index in [1.54, 1.807) is 15.8 Å². The van der Waals surface area contributed by atoms with E-state index in [9.17, 15) is 8.42 Å². The standard InChI is InChI=1S/C13H20N2O2S2/c14-8-11-7-12(9-18-11)19(16,17)15-6-2-4-10-3-1-5-13(10)15/h7,9-10,13H,1-6,8,14H2. The Morgan fingerprint density at radius 2 is 2.11 bits per heavy atom. The highest BCUT2D eigenvalue weighted by atomic mass is 32.2. The molecule has 3 rings (SSSR count). The molecule has 106 valence electrons. The number of piperidine rings is 1. The van der Waals surface area contributed by atoms with Crippen LogP contribution in [-0.4, -0.2) is 25.3 Å². The molecule has 0 bridgehead atoms. The molecule has 0 spiro atoms. The normalized spacial score (nSPS) is 28.5. The fourth-order valence-electron chi connectivity index (χ4n) is 3.44. The van der Waals surface area contributed by atoms with Gasteiger partial charge < -0.3 is 5.73 Å². The van der Waals surface area contributed by atoms with Crippen molar-refractivity contribution in [3.8, 4) is 0 Å². The van der Waals surface area contributed by atoms with E-state index in [0.717, 1.165) is 17.7 Å². The lowest BCUT2D eigenvalue weighted by atomic mass is 9.94. The fraction of sp³-hybridized carbons (Fsp3) is 0.692. The lowest BCUT2D eigenvalue weighted by molar-refractivity contribution is 0.202. The molecule has 1 aliphatic heterocycles. The Hall–Kier alpha value is -0.430. The van der Waals surface area contributed by atoms with Gasteiger partial charge in [0.1, 0.15) is 0 Å². The van der Waals surface area contributed by atoms with Crippen LogP contribution in [0.2, 0.25) is 0 Å². The maximum Gasteiger partial charge on any atom is 0.244 e. The minimum Gasteiger partial charge on any atom is -0.326 e. The summed E-state index contributed by atoms with van der Waals surface area (Å²) in [5.41, 5.74) is 5.57. The zero-order chi connectivity index (χ0) is 13.5. The van der Waals surface area contributed by atoms with Crippen molar-refractivity contribution in [1.82, 2.24) is 4.31 Å². The summed E-state index contributed by atoms with van der Waals surface area (Å²) in [7, 11) is -3.32. The van der Waals surface area contributed by atoms with Gasteiger partial charge in [-0.2, -0.15) is 4.31 Å². The molecular formula is C13H20N2O2S2. The molecule has 1 saturated carbocycles. The Labute approximate surface area is 118 Å². The minimum atomic E-state index is -3.32. The molecule has 2 unspecified atom stereocenters. The third-order valence-corrected chi connectivity index (χ3v) is 7.39. The monoisotopic (exact) mass is 300 g/mol. The lowest BCUT2D eigenvalue weighted by Crippen LogP contribution is -2.45. The first-order chi connectivity index (χ1) is 9.13. The highest BCUT2D eigenvalue weighted by molar-refractivity contribution is 7.89. The van der Waals surface area contributed by atoms with Gasteiger partial charge in [0.05, 0.1) is 4.90 Å². The average Bonchev–Trinajstić information content (AvgIpc) is 3.06. The zero-order valence-electron chi connectivity index (χ0n) is 10.9. The van der Waals surface area contributed by atoms with Gasteiger partial charge in [-0.15, -0.1) is 11.3 Å². The van der Waals surface area contributed by atoms with E-state index in [-0.39, 0.29) is 6.04 Å². The summed E-state index contributed by atoms with van der Waals surface area (Å²) in [6.07, 6.45) is 5.56. The van der Waals surface area contributed by atoms with Crippen molar-refractivity contribution in [2.75, 3.05) is 6.54 Å². The fourth-order valence-corrected chi connectivity index (χ4v) is 6.34. The molecule has 2 heterocycles. The van der Waals surface area contributed by atoms with Gasteiger partial charge in [-0.3, -0.25) is 0 Å². The first-order valence-electron chi connectivity index (χ1n) is 6.92. The zero-order valence-corrected chi connectivity index (χ0v) is 12.5. The largest absolute Gasteiger partial charge is 0.326 e. The SMILES string of the molecule is NCc1cc(S(=O)(=O)N2CCCC3CCCC32)cs1. The third-order valence-electron chi connectivity index (χ3n) is 4.38. The van der Waals surface area contributed by atoms with E-state index < -0.39 is 10.0 Å². The van der Waals surface area contributed by atoms with E-state index >= 15 is 0 Å². The number of nitrogens with two attached hydrogens (primary N) is 1. The highest BCUT2D eigenvalue weighted by Crippen LogP contribution is 2.39. The van der Waals surface area contributed by atoms with Crippen LogP contribution in [0.3, 0.4) is 0 Å². The molecule has 1 saturated heterocycles. The molecule has 19 heavy (non-hydrogen) atoms. The molecule has 2 fully saturated rings. The second-order valence-corrected chi connectivity index (χ2v) is 8.36. The van der Waals surface area contributed by atoms with Crippen LogP contribution in [0.25, 0.3) is 0 Å². The van der Waals surface area contributed by atoms with Crippen LogP contribution >= 0.6 is 11.3 Å². The quantitative estimate of drug-likeness (QED) is 0.930. The van der Waals surface area contributed by atoms with Gasteiger partial charge in [0.25, 0.3) is 0 Å². The molecule has 0 aromatic carbocycles. The maximum absolute atomic E-state index is 12.8. The van der Waals surface area contributed by atoms with E-state index in [1.165, 1.54) is 30.6 Å². The number of nitrogens with zero attached hydrogens (tertiary/aromatic N) is 1. The summed E-state index contributed by atoms with van der Waals surface area (Å²) in [5, 5.41) is 1.73. The molecule has 2 N–H and O–H groups in total. The number of thiophene rings is 1. The van der Waals surface area contributed by atoms with Crippen LogP contribution < -0.4 is 5.73 Å². The van der Waals surface area contributed by atoms with E-state index in [2.05, 4.69) is 0 Å². The Morgan fingerprint density at radius 3 is 2.84 bits per heavy atom. The van der Waals surface area contributed by atoms with Crippen molar-refractivity contribution in [2.24, 2.45) is 11.7 Å². The topological polar surface area (TPSA) is 63.4 Å². The van der Waals surface area contributed by atoms with Crippen molar-refractivity contribution in [3.63, 3.8) is 0 Å². The third kappa shape index (κ3) is 2.35. The molecule has 1 aromatic heterocycles. The average molecular weight is 300 g/mol. The van der Waals surface area contributed by atoms with Gasteiger partial charge in [-0.1, -0.05) is 6.42 Å². The van der Waals surface area contributed by atoms with Crippen molar-refractivity contribution < 1.29 is 8.42 Å². The van der Waals surface area contributed by atoms with Crippen LogP contribution in [0.4, 0.5) is 0 Å².